The summed E-state index contributed by atoms with van der Waals surface area (Å²) in [4.78, 5) is 11.4. The second-order valence-electron chi connectivity index (χ2n) is 3.47. The van der Waals surface area contributed by atoms with Crippen LogP contribution in [0, 0.1) is 5.82 Å². The molecule has 15 heavy (non-hydrogen) atoms. The van der Waals surface area contributed by atoms with Crippen molar-refractivity contribution in [2.45, 2.75) is 13.0 Å². The first-order valence-corrected chi connectivity index (χ1v) is 4.83. The second kappa shape index (κ2) is 3.98. The van der Waals surface area contributed by atoms with E-state index in [2.05, 4.69) is 10.1 Å². The molecule has 0 fully saturated rings. The quantitative estimate of drug-likeness (QED) is 0.707. The molecule has 1 aliphatic rings. The lowest BCUT2D eigenvalue weighted by atomic mass is 9.95. The van der Waals surface area contributed by atoms with E-state index in [1.807, 2.05) is 0 Å². The first-order chi connectivity index (χ1) is 7.24. The maximum atomic E-state index is 13.4. The predicted molar refractivity (Wildman–Crippen MR) is 53.2 cm³/mol. The van der Waals surface area contributed by atoms with Crippen LogP contribution in [0.4, 0.5) is 4.39 Å². The van der Waals surface area contributed by atoms with Crippen molar-refractivity contribution >= 4 is 5.97 Å². The Bertz CT molecular complexity index is 404. The molecule has 0 spiro atoms. The molecule has 0 amide bonds. The maximum Gasteiger partial charge on any atom is 0.338 e. The van der Waals surface area contributed by atoms with E-state index in [1.165, 1.54) is 19.2 Å². The van der Waals surface area contributed by atoms with Gasteiger partial charge in [0.2, 0.25) is 0 Å². The van der Waals surface area contributed by atoms with E-state index in [0.717, 1.165) is 12.1 Å². The fourth-order valence-corrected chi connectivity index (χ4v) is 1.87. The Morgan fingerprint density at radius 1 is 1.47 bits per heavy atom. The van der Waals surface area contributed by atoms with Gasteiger partial charge in [0, 0.05) is 12.1 Å². The van der Waals surface area contributed by atoms with Gasteiger partial charge in [-0.2, -0.15) is 0 Å². The Balaban J connectivity index is 2.52. The maximum absolute atomic E-state index is 13.4. The molecule has 0 radical (unpaired) electrons. The molecule has 0 saturated heterocycles. The number of benzene rings is 1. The summed E-state index contributed by atoms with van der Waals surface area (Å²) in [7, 11) is 1.33. The van der Waals surface area contributed by atoms with E-state index in [0.29, 0.717) is 24.1 Å². The molecular formula is C11H12FNO2. The fourth-order valence-electron chi connectivity index (χ4n) is 1.87. The summed E-state index contributed by atoms with van der Waals surface area (Å²) in [6.45, 7) is 1.24. The number of hydrogen-bond acceptors (Lipinski definition) is 3. The number of esters is 1. The van der Waals surface area contributed by atoms with Crippen molar-refractivity contribution in [3.63, 3.8) is 0 Å². The van der Waals surface area contributed by atoms with Gasteiger partial charge in [-0.3, -0.25) is 0 Å². The number of nitrogens with one attached hydrogen (secondary N) is 1. The number of halogens is 1. The van der Waals surface area contributed by atoms with Crippen LogP contribution >= 0.6 is 0 Å². The van der Waals surface area contributed by atoms with Crippen LogP contribution in [0.1, 0.15) is 21.5 Å². The topological polar surface area (TPSA) is 38.3 Å². The molecule has 1 aromatic rings. The van der Waals surface area contributed by atoms with Crippen LogP contribution in [0.25, 0.3) is 0 Å². The van der Waals surface area contributed by atoms with Crippen molar-refractivity contribution in [2.24, 2.45) is 0 Å². The molecule has 3 nitrogen and oxygen atoms in total. The third kappa shape index (κ3) is 1.72. The monoisotopic (exact) mass is 209 g/mol. The molecule has 1 aromatic carbocycles. The van der Waals surface area contributed by atoms with Crippen molar-refractivity contribution in [1.29, 1.82) is 0 Å². The van der Waals surface area contributed by atoms with Crippen LogP contribution in [-0.4, -0.2) is 19.6 Å². The average Bonchev–Trinajstić information content (AvgIpc) is 2.29. The molecular weight excluding hydrogens is 197 g/mol. The number of rotatable bonds is 1. The van der Waals surface area contributed by atoms with Gasteiger partial charge in [-0.05, 0) is 30.7 Å². The highest BCUT2D eigenvalue weighted by Gasteiger charge is 2.20. The number of ether oxygens (including phenoxy) is 1. The molecule has 0 saturated carbocycles. The lowest BCUT2D eigenvalue weighted by Crippen LogP contribution is -2.26. The summed E-state index contributed by atoms with van der Waals surface area (Å²) >= 11 is 0. The van der Waals surface area contributed by atoms with E-state index < -0.39 is 5.97 Å². The molecule has 0 unspecified atom stereocenters. The number of hydrogen-bond donors (Lipinski definition) is 1. The number of fused-ring (bicyclic) bond motifs is 1. The smallest absolute Gasteiger partial charge is 0.338 e. The number of carbonyl (C=O) groups excluding carboxylic acids is 1. The minimum absolute atomic E-state index is 0.259. The summed E-state index contributed by atoms with van der Waals surface area (Å²) in [6.07, 6.45) is 0.664. The zero-order valence-corrected chi connectivity index (χ0v) is 8.47. The van der Waals surface area contributed by atoms with Crippen LogP contribution in [0.15, 0.2) is 12.1 Å². The molecule has 0 aliphatic carbocycles. The predicted octanol–water partition coefficient (Wildman–Crippen LogP) is 1.26. The van der Waals surface area contributed by atoms with E-state index in [4.69, 9.17) is 0 Å². The van der Waals surface area contributed by atoms with Crippen molar-refractivity contribution in [3.05, 3.63) is 34.6 Å². The van der Waals surface area contributed by atoms with Crippen LogP contribution in [0.5, 0.6) is 0 Å². The average molecular weight is 209 g/mol. The van der Waals surface area contributed by atoms with Crippen molar-refractivity contribution < 1.29 is 13.9 Å². The fraction of sp³-hybridized carbons (Fsp3) is 0.364. The molecule has 0 bridgehead atoms. The minimum Gasteiger partial charge on any atom is -0.465 e. The molecule has 0 atom stereocenters. The first kappa shape index (κ1) is 10.1. The minimum atomic E-state index is -0.395. The van der Waals surface area contributed by atoms with E-state index in [1.54, 1.807) is 0 Å². The van der Waals surface area contributed by atoms with E-state index >= 15 is 0 Å². The van der Waals surface area contributed by atoms with Gasteiger partial charge >= 0.3 is 5.97 Å². The molecule has 80 valence electrons. The first-order valence-electron chi connectivity index (χ1n) is 4.83. The molecule has 1 N–H and O–H groups in total. The standard InChI is InChI=1S/C11H12FNO2/c1-15-11(14)8-2-3-10(12)9-6-13-5-4-7(8)9/h2-3,13H,4-6H2,1H3. The number of carbonyl (C=O) groups is 1. The van der Waals surface area contributed by atoms with Gasteiger partial charge in [0.05, 0.1) is 12.7 Å². The van der Waals surface area contributed by atoms with Gasteiger partial charge in [-0.15, -0.1) is 0 Å². The van der Waals surface area contributed by atoms with Gasteiger partial charge in [0.1, 0.15) is 5.82 Å². The molecule has 4 heteroatoms. The lowest BCUT2D eigenvalue weighted by molar-refractivity contribution is 0.0599. The van der Waals surface area contributed by atoms with Crippen molar-refractivity contribution in [2.75, 3.05) is 13.7 Å². The Hall–Kier alpha value is -1.42. The highest BCUT2D eigenvalue weighted by atomic mass is 19.1. The molecule has 1 aliphatic heterocycles. The SMILES string of the molecule is COC(=O)c1ccc(F)c2c1CCNC2. The lowest BCUT2D eigenvalue weighted by Gasteiger charge is -2.19. The summed E-state index contributed by atoms with van der Waals surface area (Å²) in [5.74, 6) is -0.655. The van der Waals surface area contributed by atoms with Crippen LogP contribution in [-0.2, 0) is 17.7 Å². The highest BCUT2D eigenvalue weighted by molar-refractivity contribution is 5.91. The summed E-state index contributed by atoms with van der Waals surface area (Å²) in [5, 5.41) is 3.07. The summed E-state index contributed by atoms with van der Waals surface area (Å²) < 4.78 is 18.1. The van der Waals surface area contributed by atoms with Gasteiger partial charge in [-0.1, -0.05) is 0 Å². The van der Waals surface area contributed by atoms with Gasteiger partial charge in [0.25, 0.3) is 0 Å². The molecule has 0 aromatic heterocycles. The van der Waals surface area contributed by atoms with Crippen molar-refractivity contribution in [1.82, 2.24) is 5.32 Å². The van der Waals surface area contributed by atoms with Crippen LogP contribution in [0.3, 0.4) is 0 Å². The molecule has 2 rings (SSSR count). The van der Waals surface area contributed by atoms with Gasteiger partial charge in [0.15, 0.2) is 0 Å². The normalized spacial score (nSPS) is 14.5. The van der Waals surface area contributed by atoms with Gasteiger partial charge in [-0.25, -0.2) is 9.18 Å². The van der Waals surface area contributed by atoms with Crippen LogP contribution in [0.2, 0.25) is 0 Å². The Labute approximate surface area is 87.2 Å². The summed E-state index contributed by atoms with van der Waals surface area (Å²) in [5.41, 5.74) is 1.85. The van der Waals surface area contributed by atoms with Crippen molar-refractivity contribution in [3.8, 4) is 0 Å². The summed E-state index contributed by atoms with van der Waals surface area (Å²) in [6, 6.07) is 2.81. The largest absolute Gasteiger partial charge is 0.465 e. The Morgan fingerprint density at radius 3 is 3.00 bits per heavy atom. The van der Waals surface area contributed by atoms with Gasteiger partial charge < -0.3 is 10.1 Å². The van der Waals surface area contributed by atoms with E-state index in [9.17, 15) is 9.18 Å². The zero-order valence-electron chi connectivity index (χ0n) is 8.47. The third-order valence-electron chi connectivity index (χ3n) is 2.63. The van der Waals surface area contributed by atoms with E-state index in [-0.39, 0.29) is 5.82 Å². The third-order valence-corrected chi connectivity index (χ3v) is 2.63. The van der Waals surface area contributed by atoms with Crippen LogP contribution < -0.4 is 5.32 Å². The Morgan fingerprint density at radius 2 is 2.27 bits per heavy atom. The zero-order chi connectivity index (χ0) is 10.8. The highest BCUT2D eigenvalue weighted by Crippen LogP contribution is 2.22. The Kier molecular flexibility index (Phi) is 2.68. The number of methoxy groups -OCH3 is 1. The molecule has 1 heterocycles. The second-order valence-corrected chi connectivity index (χ2v) is 3.47.